The van der Waals surface area contributed by atoms with Crippen LogP contribution in [0, 0.1) is 0 Å². The maximum absolute atomic E-state index is 12.5. The van der Waals surface area contributed by atoms with Gasteiger partial charge in [-0.2, -0.15) is 0 Å². The summed E-state index contributed by atoms with van der Waals surface area (Å²) in [5, 5.41) is 0. The molecule has 2 aromatic carbocycles. The fourth-order valence-corrected chi connectivity index (χ4v) is 3.05. The van der Waals surface area contributed by atoms with E-state index in [0.717, 1.165) is 68.3 Å². The number of hydrogen-bond donors (Lipinski definition) is 0. The van der Waals surface area contributed by atoms with Crippen molar-refractivity contribution >= 4 is 11.5 Å². The van der Waals surface area contributed by atoms with Crippen LogP contribution in [-0.2, 0) is 11.2 Å². The summed E-state index contributed by atoms with van der Waals surface area (Å²) in [4.78, 5) is 14.7. The second-order valence-electron chi connectivity index (χ2n) is 6.56. The lowest BCUT2D eigenvalue weighted by atomic mass is 10.0. The summed E-state index contributed by atoms with van der Waals surface area (Å²) in [6, 6.07) is 16.0. The van der Waals surface area contributed by atoms with Crippen LogP contribution in [0.3, 0.4) is 0 Å². The van der Waals surface area contributed by atoms with Gasteiger partial charge in [0.05, 0.1) is 19.8 Å². The van der Waals surface area contributed by atoms with Crippen LogP contribution in [0.2, 0.25) is 0 Å². The molecule has 4 heteroatoms. The number of morpholine rings is 1. The van der Waals surface area contributed by atoms with Gasteiger partial charge in [-0.05, 0) is 54.8 Å². The van der Waals surface area contributed by atoms with E-state index in [1.165, 1.54) is 0 Å². The lowest BCUT2D eigenvalue weighted by Crippen LogP contribution is -2.36. The third-order valence-corrected chi connectivity index (χ3v) is 4.60. The smallest absolute Gasteiger partial charge is 0.163 e. The molecule has 0 bridgehead atoms. The summed E-state index contributed by atoms with van der Waals surface area (Å²) >= 11 is 0. The Labute approximate surface area is 155 Å². The van der Waals surface area contributed by atoms with E-state index in [1.54, 1.807) is 0 Å². The quantitative estimate of drug-likeness (QED) is 0.669. The van der Waals surface area contributed by atoms with E-state index >= 15 is 0 Å². The standard InChI is InChI=1S/C22H27NO3/c1-2-15-26-21-10-3-18(4-11-21)5-12-22(24)19-6-8-20(9-7-19)23-13-16-25-17-14-23/h3-4,6-11H,2,5,12-17H2,1H3. The summed E-state index contributed by atoms with van der Waals surface area (Å²) in [5.74, 6) is 1.07. The number of nitrogens with zero attached hydrogens (tertiary/aromatic N) is 1. The van der Waals surface area contributed by atoms with Gasteiger partial charge < -0.3 is 14.4 Å². The number of carbonyl (C=O) groups excluding carboxylic acids is 1. The number of benzene rings is 2. The Hall–Kier alpha value is -2.33. The van der Waals surface area contributed by atoms with E-state index in [2.05, 4.69) is 11.8 Å². The monoisotopic (exact) mass is 353 g/mol. The zero-order valence-corrected chi connectivity index (χ0v) is 15.4. The molecule has 1 aliphatic rings. The molecular formula is C22H27NO3. The molecule has 0 aliphatic carbocycles. The van der Waals surface area contributed by atoms with Crippen LogP contribution in [0.25, 0.3) is 0 Å². The van der Waals surface area contributed by atoms with Crippen molar-refractivity contribution in [2.45, 2.75) is 26.2 Å². The van der Waals surface area contributed by atoms with Crippen molar-refractivity contribution in [2.24, 2.45) is 0 Å². The molecule has 4 nitrogen and oxygen atoms in total. The molecule has 0 amide bonds. The highest BCUT2D eigenvalue weighted by molar-refractivity contribution is 5.96. The Morgan fingerprint density at radius 3 is 2.38 bits per heavy atom. The Balaban J connectivity index is 1.51. The maximum atomic E-state index is 12.5. The van der Waals surface area contributed by atoms with Crippen molar-refractivity contribution in [1.29, 1.82) is 0 Å². The Morgan fingerprint density at radius 2 is 1.73 bits per heavy atom. The molecule has 0 unspecified atom stereocenters. The van der Waals surface area contributed by atoms with Crippen LogP contribution >= 0.6 is 0 Å². The Kier molecular flexibility index (Phi) is 6.67. The third-order valence-electron chi connectivity index (χ3n) is 4.60. The molecule has 0 saturated carbocycles. The van der Waals surface area contributed by atoms with Gasteiger partial charge >= 0.3 is 0 Å². The van der Waals surface area contributed by atoms with Crippen molar-refractivity contribution in [1.82, 2.24) is 0 Å². The van der Waals surface area contributed by atoms with E-state index in [-0.39, 0.29) is 5.78 Å². The number of ketones is 1. The minimum atomic E-state index is 0.185. The fraction of sp³-hybridized carbons (Fsp3) is 0.409. The maximum Gasteiger partial charge on any atom is 0.163 e. The van der Waals surface area contributed by atoms with Crippen LogP contribution in [0.15, 0.2) is 48.5 Å². The first-order valence-electron chi connectivity index (χ1n) is 9.44. The zero-order valence-electron chi connectivity index (χ0n) is 15.4. The van der Waals surface area contributed by atoms with Crippen molar-refractivity contribution in [3.8, 4) is 5.75 Å². The SMILES string of the molecule is CCCOc1ccc(CCC(=O)c2ccc(N3CCOCC3)cc2)cc1. The molecule has 26 heavy (non-hydrogen) atoms. The second-order valence-corrected chi connectivity index (χ2v) is 6.56. The first-order chi connectivity index (χ1) is 12.8. The number of hydrogen-bond acceptors (Lipinski definition) is 4. The Morgan fingerprint density at radius 1 is 1.04 bits per heavy atom. The third kappa shape index (κ3) is 5.09. The van der Waals surface area contributed by atoms with Crippen molar-refractivity contribution < 1.29 is 14.3 Å². The van der Waals surface area contributed by atoms with E-state index in [4.69, 9.17) is 9.47 Å². The highest BCUT2D eigenvalue weighted by Crippen LogP contribution is 2.19. The summed E-state index contributed by atoms with van der Waals surface area (Å²) < 4.78 is 11.0. The van der Waals surface area contributed by atoms with Gasteiger partial charge in [0.2, 0.25) is 0 Å². The number of rotatable bonds is 8. The normalized spacial score (nSPS) is 14.3. The van der Waals surface area contributed by atoms with Crippen molar-refractivity contribution in [2.75, 3.05) is 37.8 Å². The molecule has 0 N–H and O–H groups in total. The van der Waals surface area contributed by atoms with Crippen molar-refractivity contribution in [3.05, 3.63) is 59.7 Å². The number of Topliss-reactive ketones (excluding diaryl/α,β-unsaturated/α-hetero) is 1. The number of carbonyl (C=O) groups is 1. The molecule has 0 aromatic heterocycles. The topological polar surface area (TPSA) is 38.8 Å². The van der Waals surface area contributed by atoms with E-state index < -0.39 is 0 Å². The minimum absolute atomic E-state index is 0.185. The summed E-state index contributed by atoms with van der Waals surface area (Å²) in [6.07, 6.45) is 2.27. The van der Waals surface area contributed by atoms with Gasteiger partial charge in [-0.3, -0.25) is 4.79 Å². The largest absolute Gasteiger partial charge is 0.494 e. The summed E-state index contributed by atoms with van der Waals surface area (Å²) in [6.45, 7) is 6.17. The van der Waals surface area contributed by atoms with Crippen LogP contribution < -0.4 is 9.64 Å². The lowest BCUT2D eigenvalue weighted by molar-refractivity contribution is 0.0982. The lowest BCUT2D eigenvalue weighted by Gasteiger charge is -2.28. The van der Waals surface area contributed by atoms with Crippen LogP contribution in [-0.4, -0.2) is 38.7 Å². The first-order valence-corrected chi connectivity index (χ1v) is 9.44. The molecule has 1 heterocycles. The molecule has 3 rings (SSSR count). The first kappa shape index (κ1) is 18.5. The molecule has 2 aromatic rings. The average Bonchev–Trinajstić information content (AvgIpc) is 2.72. The number of ether oxygens (including phenoxy) is 2. The molecule has 1 saturated heterocycles. The summed E-state index contributed by atoms with van der Waals surface area (Å²) in [7, 11) is 0. The summed E-state index contributed by atoms with van der Waals surface area (Å²) in [5.41, 5.74) is 3.10. The molecular weight excluding hydrogens is 326 g/mol. The van der Waals surface area contributed by atoms with Gasteiger partial charge in [-0.15, -0.1) is 0 Å². The zero-order chi connectivity index (χ0) is 18.2. The molecule has 0 atom stereocenters. The van der Waals surface area contributed by atoms with Crippen LogP contribution in [0.1, 0.15) is 35.7 Å². The van der Waals surface area contributed by atoms with Gasteiger partial charge in [-0.25, -0.2) is 0 Å². The van der Waals surface area contributed by atoms with Gasteiger partial charge in [0.15, 0.2) is 5.78 Å². The average molecular weight is 353 g/mol. The van der Waals surface area contributed by atoms with Crippen molar-refractivity contribution in [3.63, 3.8) is 0 Å². The molecule has 1 fully saturated rings. The number of aryl methyl sites for hydroxylation is 1. The predicted molar refractivity (Wildman–Crippen MR) is 104 cm³/mol. The highest BCUT2D eigenvalue weighted by Gasteiger charge is 2.12. The predicted octanol–water partition coefficient (Wildman–Crippen LogP) is 4.13. The molecule has 0 spiro atoms. The highest BCUT2D eigenvalue weighted by atomic mass is 16.5. The van der Waals surface area contributed by atoms with Gasteiger partial charge in [0, 0.05) is 30.8 Å². The molecule has 138 valence electrons. The number of anilines is 1. The minimum Gasteiger partial charge on any atom is -0.494 e. The van der Waals surface area contributed by atoms with Gasteiger partial charge in [0.1, 0.15) is 5.75 Å². The van der Waals surface area contributed by atoms with Crippen LogP contribution in [0.5, 0.6) is 5.75 Å². The van der Waals surface area contributed by atoms with Crippen LogP contribution in [0.4, 0.5) is 5.69 Å². The molecule has 0 radical (unpaired) electrons. The van der Waals surface area contributed by atoms with E-state index in [0.29, 0.717) is 6.42 Å². The van der Waals surface area contributed by atoms with E-state index in [9.17, 15) is 4.79 Å². The molecule has 1 aliphatic heterocycles. The Bertz CT molecular complexity index is 688. The van der Waals surface area contributed by atoms with E-state index in [1.807, 2.05) is 48.5 Å². The fourth-order valence-electron chi connectivity index (χ4n) is 3.05. The second kappa shape index (κ2) is 9.39. The van der Waals surface area contributed by atoms with Gasteiger partial charge in [0.25, 0.3) is 0 Å². The van der Waals surface area contributed by atoms with Gasteiger partial charge in [-0.1, -0.05) is 19.1 Å².